The second-order valence-electron chi connectivity index (χ2n) is 11.2. The molecule has 3 unspecified atom stereocenters. The van der Waals surface area contributed by atoms with E-state index in [0.717, 1.165) is 36.0 Å². The maximum absolute atomic E-state index is 13.3. The Bertz CT molecular complexity index is 1040. The van der Waals surface area contributed by atoms with Gasteiger partial charge in [-0.2, -0.15) is 0 Å². The lowest BCUT2D eigenvalue weighted by molar-refractivity contribution is -0.208. The number of aliphatic hydroxyl groups excluding tert-OH is 1. The fraction of sp³-hybridized carbons (Fsp3) is 0.455. The smallest absolute Gasteiger partial charge is 0.107 e. The molecule has 0 fully saturated rings. The van der Waals surface area contributed by atoms with Crippen LogP contribution in [0.25, 0.3) is 0 Å². The van der Waals surface area contributed by atoms with Crippen LogP contribution >= 0.6 is 0 Å². The van der Waals surface area contributed by atoms with Gasteiger partial charge in [0.25, 0.3) is 0 Å². The van der Waals surface area contributed by atoms with Crippen molar-refractivity contribution in [3.05, 3.63) is 108 Å². The van der Waals surface area contributed by atoms with Crippen LogP contribution in [0.1, 0.15) is 83.9 Å². The molecule has 0 saturated carbocycles. The fourth-order valence-corrected chi connectivity index (χ4v) is 6.36. The molecular weight excluding hydrogens is 428 g/mol. The summed E-state index contributed by atoms with van der Waals surface area (Å²) in [7, 11) is 0. The topological polar surface area (TPSA) is 40.5 Å². The molecule has 0 aliphatic heterocycles. The maximum atomic E-state index is 13.3. The average molecular weight is 473 g/mol. The lowest BCUT2D eigenvalue weighted by atomic mass is 9.48. The Morgan fingerprint density at radius 2 is 1.09 bits per heavy atom. The van der Waals surface area contributed by atoms with E-state index in [1.807, 2.05) is 66.7 Å². The third kappa shape index (κ3) is 4.59. The highest BCUT2D eigenvalue weighted by Gasteiger charge is 2.63. The van der Waals surface area contributed by atoms with Gasteiger partial charge >= 0.3 is 0 Å². The lowest BCUT2D eigenvalue weighted by Crippen LogP contribution is -2.64. The fourth-order valence-electron chi connectivity index (χ4n) is 6.36. The molecule has 3 aromatic carbocycles. The van der Waals surface area contributed by atoms with Crippen molar-refractivity contribution in [1.82, 2.24) is 0 Å². The van der Waals surface area contributed by atoms with E-state index in [2.05, 4.69) is 65.8 Å². The number of benzene rings is 3. The highest BCUT2D eigenvalue weighted by Crippen LogP contribution is 2.60. The van der Waals surface area contributed by atoms with Gasteiger partial charge in [0.15, 0.2) is 0 Å². The van der Waals surface area contributed by atoms with Gasteiger partial charge in [-0.3, -0.25) is 0 Å². The Labute approximate surface area is 213 Å². The standard InChI is InChI=1S/C33H44O2/c1-7-9-25-32(8-2,29(34)30(3,4)26-19-13-10-14-20-26)33(35,28-23-17-12-18-24-28)31(5,6)27-21-15-11-16-22-27/h10-24,29,34-35H,7-9,25H2,1-6H3. The minimum Gasteiger partial charge on any atom is -0.392 e. The van der Waals surface area contributed by atoms with E-state index in [0.29, 0.717) is 6.42 Å². The summed E-state index contributed by atoms with van der Waals surface area (Å²) < 4.78 is 0. The molecule has 0 aliphatic rings. The summed E-state index contributed by atoms with van der Waals surface area (Å²) >= 11 is 0. The molecule has 0 spiro atoms. The highest BCUT2D eigenvalue weighted by molar-refractivity contribution is 5.40. The van der Waals surface area contributed by atoms with E-state index in [-0.39, 0.29) is 0 Å². The molecule has 0 radical (unpaired) electrons. The predicted molar refractivity (Wildman–Crippen MR) is 148 cm³/mol. The number of hydrogen-bond donors (Lipinski definition) is 2. The molecule has 0 amide bonds. The van der Waals surface area contributed by atoms with Crippen molar-refractivity contribution in [3.63, 3.8) is 0 Å². The Morgan fingerprint density at radius 1 is 0.657 bits per heavy atom. The Morgan fingerprint density at radius 3 is 1.51 bits per heavy atom. The molecule has 2 N–H and O–H groups in total. The van der Waals surface area contributed by atoms with E-state index in [1.165, 1.54) is 0 Å². The second-order valence-corrected chi connectivity index (χ2v) is 11.2. The number of unbranched alkanes of at least 4 members (excludes halogenated alkanes) is 1. The summed E-state index contributed by atoms with van der Waals surface area (Å²) in [4.78, 5) is 0. The van der Waals surface area contributed by atoms with Gasteiger partial charge in [0, 0.05) is 16.2 Å². The zero-order valence-corrected chi connectivity index (χ0v) is 22.5. The van der Waals surface area contributed by atoms with Crippen LogP contribution in [0.3, 0.4) is 0 Å². The molecule has 0 aliphatic carbocycles. The van der Waals surface area contributed by atoms with Crippen molar-refractivity contribution in [3.8, 4) is 0 Å². The van der Waals surface area contributed by atoms with Crippen LogP contribution in [0.15, 0.2) is 91.0 Å². The van der Waals surface area contributed by atoms with Crippen molar-refractivity contribution < 1.29 is 10.2 Å². The number of hydrogen-bond acceptors (Lipinski definition) is 2. The van der Waals surface area contributed by atoms with E-state index in [4.69, 9.17) is 0 Å². The molecule has 2 heteroatoms. The summed E-state index contributed by atoms with van der Waals surface area (Å²) in [6.07, 6.45) is 2.50. The van der Waals surface area contributed by atoms with Crippen molar-refractivity contribution in [2.75, 3.05) is 0 Å². The van der Waals surface area contributed by atoms with Gasteiger partial charge in [-0.05, 0) is 29.5 Å². The first-order valence-electron chi connectivity index (χ1n) is 13.2. The zero-order chi connectivity index (χ0) is 25.7. The normalized spacial score (nSPS) is 16.8. The van der Waals surface area contributed by atoms with Crippen LogP contribution < -0.4 is 0 Å². The van der Waals surface area contributed by atoms with Crippen LogP contribution in [-0.2, 0) is 16.4 Å². The van der Waals surface area contributed by atoms with Crippen LogP contribution in [0, 0.1) is 5.41 Å². The molecule has 188 valence electrons. The van der Waals surface area contributed by atoms with E-state index < -0.39 is 27.9 Å². The van der Waals surface area contributed by atoms with Crippen molar-refractivity contribution in [2.24, 2.45) is 5.41 Å². The molecule has 0 bridgehead atoms. The van der Waals surface area contributed by atoms with Gasteiger partial charge in [-0.1, -0.05) is 145 Å². The van der Waals surface area contributed by atoms with Crippen LogP contribution in [0.2, 0.25) is 0 Å². The third-order valence-corrected chi connectivity index (χ3v) is 8.64. The molecular formula is C33H44O2. The number of rotatable bonds is 11. The minimum absolute atomic E-state index is 0.569. The Balaban J connectivity index is 2.36. The molecule has 3 atom stereocenters. The molecule has 0 saturated heterocycles. The molecule has 0 aromatic heterocycles. The quantitative estimate of drug-likeness (QED) is 0.299. The summed E-state index contributed by atoms with van der Waals surface area (Å²) in [5, 5.41) is 25.8. The SMILES string of the molecule is CCCCC(CC)(C(O)C(C)(C)c1ccccc1)C(O)(c1ccccc1)C(C)(C)c1ccccc1. The van der Waals surface area contributed by atoms with E-state index in [9.17, 15) is 10.2 Å². The highest BCUT2D eigenvalue weighted by atomic mass is 16.3. The van der Waals surface area contributed by atoms with Gasteiger partial charge in [-0.25, -0.2) is 0 Å². The first-order chi connectivity index (χ1) is 16.6. The molecule has 3 rings (SSSR count). The summed E-state index contributed by atoms with van der Waals surface area (Å²) in [5.74, 6) is 0. The van der Waals surface area contributed by atoms with Gasteiger partial charge in [-0.15, -0.1) is 0 Å². The van der Waals surface area contributed by atoms with E-state index in [1.54, 1.807) is 0 Å². The van der Waals surface area contributed by atoms with Crippen molar-refractivity contribution in [2.45, 2.75) is 89.8 Å². The van der Waals surface area contributed by atoms with E-state index >= 15 is 0 Å². The van der Waals surface area contributed by atoms with Gasteiger partial charge in [0.05, 0.1) is 6.10 Å². The van der Waals surface area contributed by atoms with Crippen molar-refractivity contribution >= 4 is 0 Å². The van der Waals surface area contributed by atoms with Crippen LogP contribution in [0.5, 0.6) is 0 Å². The molecule has 35 heavy (non-hydrogen) atoms. The zero-order valence-electron chi connectivity index (χ0n) is 22.5. The van der Waals surface area contributed by atoms with Gasteiger partial charge in [0.1, 0.15) is 5.60 Å². The molecule has 0 heterocycles. The minimum atomic E-state index is -1.34. The first-order valence-corrected chi connectivity index (χ1v) is 13.2. The third-order valence-electron chi connectivity index (χ3n) is 8.64. The molecule has 3 aromatic rings. The van der Waals surface area contributed by atoms with Crippen molar-refractivity contribution in [1.29, 1.82) is 0 Å². The predicted octanol–water partition coefficient (Wildman–Crippen LogP) is 7.78. The lowest BCUT2D eigenvalue weighted by Gasteiger charge is -2.60. The Hall–Kier alpha value is -2.42. The van der Waals surface area contributed by atoms with Crippen LogP contribution in [-0.4, -0.2) is 16.3 Å². The first kappa shape index (κ1) is 27.2. The summed E-state index contributed by atoms with van der Waals surface area (Å²) in [5.41, 5.74) is -0.385. The monoisotopic (exact) mass is 472 g/mol. The average Bonchev–Trinajstić information content (AvgIpc) is 2.90. The Kier molecular flexibility index (Phi) is 8.29. The second kappa shape index (κ2) is 10.7. The summed E-state index contributed by atoms with van der Waals surface area (Å²) in [6, 6.07) is 30.6. The summed E-state index contributed by atoms with van der Waals surface area (Å²) in [6.45, 7) is 12.8. The molecule has 2 nitrogen and oxygen atoms in total. The maximum Gasteiger partial charge on any atom is 0.107 e. The number of aliphatic hydroxyl groups is 2. The van der Waals surface area contributed by atoms with Gasteiger partial charge in [0.2, 0.25) is 0 Å². The largest absolute Gasteiger partial charge is 0.392 e. The van der Waals surface area contributed by atoms with Crippen LogP contribution in [0.4, 0.5) is 0 Å². The van der Waals surface area contributed by atoms with Gasteiger partial charge < -0.3 is 10.2 Å².